The molecular weight excluding hydrogens is 471 g/mol. The molecule has 0 spiro atoms. The van der Waals surface area contributed by atoms with Crippen LogP contribution in [0.2, 0.25) is 0 Å². The number of benzene rings is 1. The van der Waals surface area contributed by atoms with Crippen LogP contribution in [0.25, 0.3) is 0 Å². The zero-order valence-electron chi connectivity index (χ0n) is 16.2. The van der Waals surface area contributed by atoms with Gasteiger partial charge >= 0.3 is 0 Å². The van der Waals surface area contributed by atoms with Gasteiger partial charge in [0.2, 0.25) is 5.91 Å². The molecule has 1 atom stereocenters. The smallest absolute Gasteiger partial charge is 0.243 e. The molecule has 2 N–H and O–H groups in total. The van der Waals surface area contributed by atoms with Crippen LogP contribution in [0, 0.1) is 0 Å². The zero-order valence-corrected chi connectivity index (χ0v) is 19.4. The van der Waals surface area contributed by atoms with E-state index in [0.717, 1.165) is 43.3 Å². The normalized spacial score (nSPS) is 15.9. The Morgan fingerprint density at radius 2 is 2.11 bits per heavy atom. The predicted molar refractivity (Wildman–Crippen MR) is 127 cm³/mol. The lowest BCUT2D eigenvalue weighted by Gasteiger charge is -2.27. The average Bonchev–Trinajstić information content (AvgIpc) is 2.65. The maximum absolute atomic E-state index is 11.9. The highest BCUT2D eigenvalue weighted by Gasteiger charge is 2.19. The largest absolute Gasteiger partial charge is 0.356 e. The van der Waals surface area contributed by atoms with E-state index >= 15 is 0 Å². The van der Waals surface area contributed by atoms with Crippen molar-refractivity contribution in [1.82, 2.24) is 15.5 Å². The fourth-order valence-corrected chi connectivity index (χ4v) is 3.44. The van der Waals surface area contributed by atoms with E-state index < -0.39 is 0 Å². The molecule has 5 nitrogen and oxygen atoms in total. The number of nitrogens with zero attached hydrogens (tertiary/aromatic N) is 2. The standard InChI is InChI=1S/C20H30N4OS.HI/c1-4-12-26-13-11-21-20(22-15-19(25)24(2)3)23-18-10-9-16-7-5-6-8-17(16)14-18;/h4-8,18H,1,9-15H2,2-3H3,(H2,21,22,23);1H. The Labute approximate surface area is 184 Å². The second kappa shape index (κ2) is 13.0. The molecule has 0 aromatic heterocycles. The van der Waals surface area contributed by atoms with E-state index in [-0.39, 0.29) is 36.4 Å². The summed E-state index contributed by atoms with van der Waals surface area (Å²) >= 11 is 1.82. The molecule has 0 radical (unpaired) electrons. The van der Waals surface area contributed by atoms with Gasteiger partial charge in [-0.05, 0) is 30.4 Å². The van der Waals surface area contributed by atoms with Crippen LogP contribution in [0.1, 0.15) is 17.5 Å². The number of amides is 1. The number of hydrogen-bond acceptors (Lipinski definition) is 3. The Kier molecular flexibility index (Phi) is 11.5. The quantitative estimate of drug-likeness (QED) is 0.189. The third-order valence-electron chi connectivity index (χ3n) is 4.33. The van der Waals surface area contributed by atoms with E-state index in [1.54, 1.807) is 19.0 Å². The van der Waals surface area contributed by atoms with Crippen molar-refractivity contribution in [2.24, 2.45) is 4.99 Å². The van der Waals surface area contributed by atoms with E-state index in [1.807, 2.05) is 17.8 Å². The van der Waals surface area contributed by atoms with Gasteiger partial charge in [-0.25, -0.2) is 4.99 Å². The molecule has 7 heteroatoms. The molecule has 27 heavy (non-hydrogen) atoms. The molecule has 1 aliphatic carbocycles. The van der Waals surface area contributed by atoms with E-state index in [9.17, 15) is 4.79 Å². The first-order chi connectivity index (χ1) is 12.6. The van der Waals surface area contributed by atoms with Crippen LogP contribution in [-0.2, 0) is 17.6 Å². The van der Waals surface area contributed by atoms with Gasteiger partial charge in [-0.15, -0.1) is 30.6 Å². The minimum Gasteiger partial charge on any atom is -0.356 e. The molecule has 0 bridgehead atoms. The average molecular weight is 502 g/mol. The number of carbonyl (C=O) groups is 1. The van der Waals surface area contributed by atoms with Crippen molar-refractivity contribution in [3.63, 3.8) is 0 Å². The summed E-state index contributed by atoms with van der Waals surface area (Å²) in [6, 6.07) is 8.96. The summed E-state index contributed by atoms with van der Waals surface area (Å²) < 4.78 is 0. The van der Waals surface area contributed by atoms with Gasteiger partial charge in [-0.3, -0.25) is 4.79 Å². The SMILES string of the molecule is C=CCSCCNC(=NCC(=O)N(C)C)NC1CCc2ccccc2C1.I. The number of rotatable bonds is 8. The van der Waals surface area contributed by atoms with Crippen LogP contribution < -0.4 is 10.6 Å². The van der Waals surface area contributed by atoms with Gasteiger partial charge in [0.05, 0.1) is 0 Å². The summed E-state index contributed by atoms with van der Waals surface area (Å²) in [5.74, 6) is 2.65. The fourth-order valence-electron chi connectivity index (χ4n) is 2.86. The van der Waals surface area contributed by atoms with Crippen LogP contribution in [0.3, 0.4) is 0 Å². The van der Waals surface area contributed by atoms with Gasteiger partial charge in [0.25, 0.3) is 0 Å². The van der Waals surface area contributed by atoms with Crippen molar-refractivity contribution in [3.05, 3.63) is 48.0 Å². The highest BCUT2D eigenvalue weighted by Crippen LogP contribution is 2.20. The van der Waals surface area contributed by atoms with Gasteiger partial charge < -0.3 is 15.5 Å². The molecule has 0 aliphatic heterocycles. The first-order valence-electron chi connectivity index (χ1n) is 9.10. The molecule has 0 heterocycles. The summed E-state index contributed by atoms with van der Waals surface area (Å²) in [6.07, 6.45) is 5.05. The lowest BCUT2D eigenvalue weighted by atomic mass is 9.88. The zero-order chi connectivity index (χ0) is 18.8. The highest BCUT2D eigenvalue weighted by atomic mass is 127. The predicted octanol–water partition coefficient (Wildman–Crippen LogP) is 2.70. The number of nitrogens with one attached hydrogen (secondary N) is 2. The number of guanidine groups is 1. The highest BCUT2D eigenvalue weighted by molar-refractivity contribution is 14.0. The van der Waals surface area contributed by atoms with Crippen molar-refractivity contribution in [2.75, 3.05) is 38.7 Å². The lowest BCUT2D eigenvalue weighted by molar-refractivity contribution is -0.127. The number of aliphatic imine (C=N–C) groups is 1. The Hall–Kier alpha value is -1.22. The first-order valence-corrected chi connectivity index (χ1v) is 10.3. The number of thioether (sulfide) groups is 1. The molecule has 1 aromatic rings. The topological polar surface area (TPSA) is 56.7 Å². The monoisotopic (exact) mass is 502 g/mol. The molecule has 1 aliphatic rings. The van der Waals surface area contributed by atoms with Crippen molar-refractivity contribution < 1.29 is 4.79 Å². The molecule has 1 amide bonds. The molecule has 0 fully saturated rings. The maximum atomic E-state index is 11.9. The molecular formula is C20H31IN4OS. The number of aryl methyl sites for hydroxylation is 1. The van der Waals surface area contributed by atoms with Gasteiger partial charge in [0.15, 0.2) is 5.96 Å². The maximum Gasteiger partial charge on any atom is 0.243 e. The van der Waals surface area contributed by atoms with Crippen molar-refractivity contribution in [2.45, 2.75) is 25.3 Å². The molecule has 150 valence electrons. The minimum absolute atomic E-state index is 0. The second-order valence-electron chi connectivity index (χ2n) is 6.60. The third kappa shape index (κ3) is 8.55. The molecule has 0 saturated carbocycles. The molecule has 0 saturated heterocycles. The number of carbonyl (C=O) groups excluding carboxylic acids is 1. The second-order valence-corrected chi connectivity index (χ2v) is 7.75. The van der Waals surface area contributed by atoms with E-state index in [4.69, 9.17) is 0 Å². The Bertz CT molecular complexity index is 636. The van der Waals surface area contributed by atoms with Crippen molar-refractivity contribution in [1.29, 1.82) is 0 Å². The van der Waals surface area contributed by atoms with Crippen LogP contribution in [0.15, 0.2) is 41.9 Å². The van der Waals surface area contributed by atoms with E-state index in [2.05, 4.69) is 46.5 Å². The van der Waals surface area contributed by atoms with Gasteiger partial charge in [-0.1, -0.05) is 30.3 Å². The lowest BCUT2D eigenvalue weighted by Crippen LogP contribution is -2.46. The molecule has 1 aromatic carbocycles. The summed E-state index contributed by atoms with van der Waals surface area (Å²) in [4.78, 5) is 17.9. The molecule has 2 rings (SSSR count). The van der Waals surface area contributed by atoms with E-state index in [0.29, 0.717) is 6.04 Å². The van der Waals surface area contributed by atoms with Gasteiger partial charge in [0, 0.05) is 38.2 Å². The number of halogens is 1. The fraction of sp³-hybridized carbons (Fsp3) is 0.500. The number of likely N-dealkylation sites (N-methyl/N-ethyl adjacent to an activating group) is 1. The summed E-state index contributed by atoms with van der Waals surface area (Å²) in [6.45, 7) is 4.70. The number of fused-ring (bicyclic) bond motifs is 1. The first kappa shape index (κ1) is 23.8. The van der Waals surface area contributed by atoms with Gasteiger partial charge in [-0.2, -0.15) is 11.8 Å². The van der Waals surface area contributed by atoms with Gasteiger partial charge in [0.1, 0.15) is 6.54 Å². The van der Waals surface area contributed by atoms with Crippen LogP contribution in [-0.4, -0.2) is 61.5 Å². The summed E-state index contributed by atoms with van der Waals surface area (Å²) in [7, 11) is 3.50. The van der Waals surface area contributed by atoms with Crippen molar-refractivity contribution in [3.8, 4) is 0 Å². The Morgan fingerprint density at radius 1 is 1.37 bits per heavy atom. The minimum atomic E-state index is 0. The van der Waals surface area contributed by atoms with E-state index in [1.165, 1.54) is 11.1 Å². The molecule has 1 unspecified atom stereocenters. The summed E-state index contributed by atoms with van der Waals surface area (Å²) in [5, 5.41) is 6.88. The Balaban J connectivity index is 0.00000364. The van der Waals surface area contributed by atoms with Crippen LogP contribution in [0.4, 0.5) is 0 Å². The van der Waals surface area contributed by atoms with Crippen LogP contribution >= 0.6 is 35.7 Å². The third-order valence-corrected chi connectivity index (χ3v) is 5.30. The number of hydrogen-bond donors (Lipinski definition) is 2. The summed E-state index contributed by atoms with van der Waals surface area (Å²) in [5.41, 5.74) is 2.85. The Morgan fingerprint density at radius 3 is 2.81 bits per heavy atom. The van der Waals surface area contributed by atoms with Crippen LogP contribution in [0.5, 0.6) is 0 Å². The van der Waals surface area contributed by atoms with Crippen molar-refractivity contribution >= 4 is 47.6 Å².